The van der Waals surface area contributed by atoms with Gasteiger partial charge in [-0.05, 0) is 47.0 Å². The van der Waals surface area contributed by atoms with E-state index in [1.165, 1.54) is 0 Å². The lowest BCUT2D eigenvalue weighted by Crippen LogP contribution is -2.56. The summed E-state index contributed by atoms with van der Waals surface area (Å²) in [5.74, 6) is 0.243. The predicted molar refractivity (Wildman–Crippen MR) is 70.4 cm³/mol. The Morgan fingerprint density at radius 2 is 1.12 bits per heavy atom. The van der Waals surface area contributed by atoms with Crippen LogP contribution in [0.3, 0.4) is 0 Å². The first kappa shape index (κ1) is 15.5. The molecule has 0 aliphatic carbocycles. The third-order valence-electron chi connectivity index (χ3n) is 2.27. The Bertz CT molecular complexity index is 233. The zero-order valence-electron chi connectivity index (χ0n) is 12.6. The Morgan fingerprint density at radius 1 is 0.812 bits per heavy atom. The van der Waals surface area contributed by atoms with Gasteiger partial charge in [0.15, 0.2) is 0 Å². The van der Waals surface area contributed by atoms with Crippen LogP contribution in [0.4, 0.5) is 0 Å². The highest BCUT2D eigenvalue weighted by molar-refractivity contribution is 5.78. The summed E-state index contributed by atoms with van der Waals surface area (Å²) in [4.78, 5) is 14.4. The van der Waals surface area contributed by atoms with Crippen LogP contribution < -0.4 is 0 Å². The Kier molecular flexibility index (Phi) is 4.24. The van der Waals surface area contributed by atoms with Gasteiger partial charge in [0.2, 0.25) is 5.91 Å². The molecule has 0 radical (unpaired) electrons. The molecule has 1 amide bonds. The van der Waals surface area contributed by atoms with Crippen LogP contribution in [-0.4, -0.2) is 21.9 Å². The minimum Gasteiger partial charge on any atom is -0.333 e. The van der Waals surface area contributed by atoms with E-state index in [1.807, 2.05) is 4.90 Å². The maximum absolute atomic E-state index is 12.4. The van der Waals surface area contributed by atoms with E-state index < -0.39 is 0 Å². The SMILES string of the molecule is CC(C)(C)CC(=O)N(C(C)(C)C)C(C)(C)C. The molecule has 0 fully saturated rings. The maximum Gasteiger partial charge on any atom is 0.223 e. The topological polar surface area (TPSA) is 20.3 Å². The van der Waals surface area contributed by atoms with Crippen molar-refractivity contribution in [2.75, 3.05) is 0 Å². The van der Waals surface area contributed by atoms with Crippen molar-refractivity contribution in [1.29, 1.82) is 0 Å². The molecule has 16 heavy (non-hydrogen) atoms. The summed E-state index contributed by atoms with van der Waals surface area (Å²) < 4.78 is 0. The highest BCUT2D eigenvalue weighted by Gasteiger charge is 2.36. The van der Waals surface area contributed by atoms with Gasteiger partial charge < -0.3 is 4.90 Å². The normalized spacial score (nSPS) is 13.8. The van der Waals surface area contributed by atoms with Crippen molar-refractivity contribution in [3.63, 3.8) is 0 Å². The summed E-state index contributed by atoms with van der Waals surface area (Å²) in [6.45, 7) is 18.9. The van der Waals surface area contributed by atoms with E-state index in [-0.39, 0.29) is 22.4 Å². The van der Waals surface area contributed by atoms with Crippen LogP contribution in [-0.2, 0) is 4.79 Å². The molecule has 0 bridgehead atoms. The lowest BCUT2D eigenvalue weighted by Gasteiger charge is -2.46. The van der Waals surface area contributed by atoms with Gasteiger partial charge >= 0.3 is 0 Å². The lowest BCUT2D eigenvalue weighted by molar-refractivity contribution is -0.144. The molecule has 0 atom stereocenters. The average molecular weight is 227 g/mol. The summed E-state index contributed by atoms with van der Waals surface area (Å²) in [7, 11) is 0. The second-order valence-electron chi connectivity index (χ2n) is 7.81. The first-order valence-corrected chi connectivity index (χ1v) is 6.08. The monoisotopic (exact) mass is 227 g/mol. The van der Waals surface area contributed by atoms with E-state index in [0.717, 1.165) is 0 Å². The minimum absolute atomic E-state index is 0.0475. The van der Waals surface area contributed by atoms with E-state index in [9.17, 15) is 4.79 Å². The Balaban J connectivity index is 5.03. The van der Waals surface area contributed by atoms with E-state index in [0.29, 0.717) is 6.42 Å². The molecular formula is C14H29NO. The fourth-order valence-corrected chi connectivity index (χ4v) is 2.29. The fourth-order valence-electron chi connectivity index (χ4n) is 2.29. The van der Waals surface area contributed by atoms with E-state index in [4.69, 9.17) is 0 Å². The Labute approximate surface area is 101 Å². The number of carbonyl (C=O) groups excluding carboxylic acids is 1. The van der Waals surface area contributed by atoms with Crippen LogP contribution in [0.1, 0.15) is 68.7 Å². The minimum atomic E-state index is -0.124. The Hall–Kier alpha value is -0.530. The van der Waals surface area contributed by atoms with E-state index in [2.05, 4.69) is 62.3 Å². The molecule has 0 heterocycles. The van der Waals surface area contributed by atoms with E-state index in [1.54, 1.807) is 0 Å². The fraction of sp³-hybridized carbons (Fsp3) is 0.929. The van der Waals surface area contributed by atoms with Gasteiger partial charge in [0.05, 0.1) is 0 Å². The van der Waals surface area contributed by atoms with Gasteiger partial charge in [0.1, 0.15) is 0 Å². The van der Waals surface area contributed by atoms with Crippen molar-refractivity contribution in [3.8, 4) is 0 Å². The van der Waals surface area contributed by atoms with Crippen molar-refractivity contribution in [2.45, 2.75) is 79.8 Å². The summed E-state index contributed by atoms with van der Waals surface area (Å²) >= 11 is 0. The number of hydrogen-bond donors (Lipinski definition) is 0. The molecule has 0 aliphatic rings. The molecule has 0 aromatic rings. The van der Waals surface area contributed by atoms with Crippen LogP contribution >= 0.6 is 0 Å². The molecule has 96 valence electrons. The van der Waals surface area contributed by atoms with Crippen LogP contribution in [0.15, 0.2) is 0 Å². The second-order valence-corrected chi connectivity index (χ2v) is 7.81. The van der Waals surface area contributed by atoms with Gasteiger partial charge in [-0.1, -0.05) is 20.8 Å². The molecule has 0 rings (SSSR count). The van der Waals surface area contributed by atoms with Crippen LogP contribution in [0, 0.1) is 5.41 Å². The quantitative estimate of drug-likeness (QED) is 0.666. The van der Waals surface area contributed by atoms with Gasteiger partial charge in [-0.2, -0.15) is 0 Å². The molecule has 0 saturated heterocycles. The molecule has 0 aromatic heterocycles. The summed E-state index contributed by atoms with van der Waals surface area (Å²) in [6.07, 6.45) is 0.599. The highest BCUT2D eigenvalue weighted by Crippen LogP contribution is 2.29. The van der Waals surface area contributed by atoms with Crippen molar-refractivity contribution >= 4 is 5.91 Å². The first-order chi connectivity index (χ1) is 6.75. The van der Waals surface area contributed by atoms with Crippen molar-refractivity contribution in [3.05, 3.63) is 0 Å². The Morgan fingerprint density at radius 3 is 1.31 bits per heavy atom. The smallest absolute Gasteiger partial charge is 0.223 e. The van der Waals surface area contributed by atoms with Gasteiger partial charge in [-0.25, -0.2) is 0 Å². The van der Waals surface area contributed by atoms with E-state index >= 15 is 0 Å². The van der Waals surface area contributed by atoms with Gasteiger partial charge in [0, 0.05) is 17.5 Å². The van der Waals surface area contributed by atoms with Crippen molar-refractivity contribution < 1.29 is 4.79 Å². The summed E-state index contributed by atoms with van der Waals surface area (Å²) in [5.41, 5.74) is -0.201. The molecule has 0 spiro atoms. The number of rotatable bonds is 1. The summed E-state index contributed by atoms with van der Waals surface area (Å²) in [6, 6.07) is 0. The molecule has 0 aromatic carbocycles. The number of hydrogen-bond acceptors (Lipinski definition) is 1. The van der Waals surface area contributed by atoms with Gasteiger partial charge in [-0.3, -0.25) is 4.79 Å². The maximum atomic E-state index is 12.4. The third-order valence-corrected chi connectivity index (χ3v) is 2.27. The molecule has 0 saturated carbocycles. The third kappa shape index (κ3) is 5.00. The molecule has 0 unspecified atom stereocenters. The summed E-state index contributed by atoms with van der Waals surface area (Å²) in [5, 5.41) is 0. The van der Waals surface area contributed by atoms with Crippen LogP contribution in [0.2, 0.25) is 0 Å². The number of amides is 1. The first-order valence-electron chi connectivity index (χ1n) is 6.08. The second kappa shape index (κ2) is 4.38. The zero-order chi connectivity index (χ0) is 13.4. The molecule has 2 heteroatoms. The predicted octanol–water partition coefficient (Wildman–Crippen LogP) is 3.85. The molecule has 2 nitrogen and oxygen atoms in total. The lowest BCUT2D eigenvalue weighted by atomic mass is 9.88. The van der Waals surface area contributed by atoms with Crippen molar-refractivity contribution in [2.24, 2.45) is 5.41 Å². The van der Waals surface area contributed by atoms with Crippen LogP contribution in [0.5, 0.6) is 0 Å². The molecule has 0 N–H and O–H groups in total. The van der Waals surface area contributed by atoms with Gasteiger partial charge in [-0.15, -0.1) is 0 Å². The standard InChI is InChI=1S/C14H29NO/c1-12(2,3)10-11(16)15(13(4,5)6)14(7,8)9/h10H2,1-9H3. The number of nitrogens with zero attached hydrogens (tertiary/aromatic N) is 1. The average Bonchev–Trinajstić information content (AvgIpc) is 1.70. The van der Waals surface area contributed by atoms with Crippen molar-refractivity contribution in [1.82, 2.24) is 4.90 Å². The highest BCUT2D eigenvalue weighted by atomic mass is 16.2. The molecular weight excluding hydrogens is 198 g/mol. The van der Waals surface area contributed by atoms with Crippen LogP contribution in [0.25, 0.3) is 0 Å². The number of carbonyl (C=O) groups is 1. The van der Waals surface area contributed by atoms with Gasteiger partial charge in [0.25, 0.3) is 0 Å². The zero-order valence-corrected chi connectivity index (χ0v) is 12.6. The largest absolute Gasteiger partial charge is 0.333 e. The molecule has 0 aliphatic heterocycles.